The third-order valence-corrected chi connectivity index (χ3v) is 4.78. The molecule has 1 aromatic rings. The molecule has 0 bridgehead atoms. The van der Waals surface area contributed by atoms with Gasteiger partial charge in [0.15, 0.2) is 0 Å². The lowest BCUT2D eigenvalue weighted by Gasteiger charge is -2.32. The highest BCUT2D eigenvalue weighted by molar-refractivity contribution is 5.83. The second-order valence-corrected chi connectivity index (χ2v) is 6.64. The highest BCUT2D eigenvalue weighted by atomic mass is 16.5. The summed E-state index contributed by atoms with van der Waals surface area (Å²) in [7, 11) is 2.97. The molecule has 0 radical (unpaired) electrons. The molecule has 0 saturated carbocycles. The molecular weight excluding hydrogens is 348 g/mol. The lowest BCUT2D eigenvalue weighted by Crippen LogP contribution is -2.46. The Morgan fingerprint density at radius 3 is 2.63 bits per heavy atom. The van der Waals surface area contributed by atoms with Gasteiger partial charge in [0.25, 0.3) is 0 Å². The Hall–Kier alpha value is -2.57. The SMILES string of the molecule is COC(=O)CCCNC(=O)[C@@H]1CCC(=O)N(CCc2ccc(OC)cc2)C1. The summed E-state index contributed by atoms with van der Waals surface area (Å²) in [5, 5.41) is 2.86. The van der Waals surface area contributed by atoms with Crippen LogP contribution in [0.5, 0.6) is 5.75 Å². The fraction of sp³-hybridized carbons (Fsp3) is 0.550. The first-order chi connectivity index (χ1) is 13.0. The number of esters is 1. The number of carbonyl (C=O) groups is 3. The molecule has 1 aliphatic heterocycles. The van der Waals surface area contributed by atoms with Crippen LogP contribution in [0.4, 0.5) is 0 Å². The molecule has 0 aromatic heterocycles. The molecule has 1 saturated heterocycles. The van der Waals surface area contributed by atoms with Crippen LogP contribution in [0.3, 0.4) is 0 Å². The maximum atomic E-state index is 12.3. The molecule has 1 heterocycles. The molecule has 0 unspecified atom stereocenters. The van der Waals surface area contributed by atoms with Gasteiger partial charge in [0.2, 0.25) is 11.8 Å². The number of piperidine rings is 1. The molecule has 7 nitrogen and oxygen atoms in total. The summed E-state index contributed by atoms with van der Waals surface area (Å²) in [5.41, 5.74) is 1.12. The quantitative estimate of drug-likeness (QED) is 0.522. The summed E-state index contributed by atoms with van der Waals surface area (Å²) in [4.78, 5) is 37.4. The summed E-state index contributed by atoms with van der Waals surface area (Å²) in [6, 6.07) is 7.77. The van der Waals surface area contributed by atoms with Gasteiger partial charge in [-0.15, -0.1) is 0 Å². The Morgan fingerprint density at radius 1 is 1.22 bits per heavy atom. The smallest absolute Gasteiger partial charge is 0.305 e. The zero-order chi connectivity index (χ0) is 19.6. The Labute approximate surface area is 160 Å². The Kier molecular flexibility index (Phi) is 8.10. The van der Waals surface area contributed by atoms with Crippen molar-refractivity contribution < 1.29 is 23.9 Å². The molecule has 148 valence electrons. The maximum Gasteiger partial charge on any atom is 0.305 e. The molecule has 0 spiro atoms. The lowest BCUT2D eigenvalue weighted by atomic mass is 9.96. The third-order valence-electron chi connectivity index (χ3n) is 4.78. The van der Waals surface area contributed by atoms with Crippen LogP contribution < -0.4 is 10.1 Å². The number of hydrogen-bond acceptors (Lipinski definition) is 5. The minimum atomic E-state index is -0.280. The van der Waals surface area contributed by atoms with Crippen molar-refractivity contribution in [2.75, 3.05) is 33.9 Å². The zero-order valence-corrected chi connectivity index (χ0v) is 16.0. The van der Waals surface area contributed by atoms with Gasteiger partial charge in [0, 0.05) is 32.5 Å². The van der Waals surface area contributed by atoms with E-state index in [1.165, 1.54) is 7.11 Å². The first-order valence-electron chi connectivity index (χ1n) is 9.28. The van der Waals surface area contributed by atoms with Gasteiger partial charge in [-0.3, -0.25) is 14.4 Å². The molecule has 1 atom stereocenters. The number of amides is 2. The van der Waals surface area contributed by atoms with E-state index in [9.17, 15) is 14.4 Å². The zero-order valence-electron chi connectivity index (χ0n) is 16.0. The van der Waals surface area contributed by atoms with E-state index in [-0.39, 0.29) is 30.1 Å². The van der Waals surface area contributed by atoms with Gasteiger partial charge in [0.05, 0.1) is 20.1 Å². The second-order valence-electron chi connectivity index (χ2n) is 6.64. The summed E-state index contributed by atoms with van der Waals surface area (Å²) in [6.45, 7) is 1.47. The molecular formula is C20H28N2O5. The van der Waals surface area contributed by atoms with Crippen LogP contribution in [0.25, 0.3) is 0 Å². The highest BCUT2D eigenvalue weighted by Crippen LogP contribution is 2.19. The van der Waals surface area contributed by atoms with Crippen LogP contribution in [-0.4, -0.2) is 56.5 Å². The van der Waals surface area contributed by atoms with Gasteiger partial charge >= 0.3 is 5.97 Å². The van der Waals surface area contributed by atoms with Crippen molar-refractivity contribution in [1.29, 1.82) is 0 Å². The molecule has 2 rings (SSSR count). The molecule has 1 aromatic carbocycles. The van der Waals surface area contributed by atoms with Crippen molar-refractivity contribution in [3.05, 3.63) is 29.8 Å². The predicted molar refractivity (Wildman–Crippen MR) is 100 cm³/mol. The highest BCUT2D eigenvalue weighted by Gasteiger charge is 2.29. The fourth-order valence-electron chi connectivity index (χ4n) is 3.09. The van der Waals surface area contributed by atoms with Crippen molar-refractivity contribution in [3.8, 4) is 5.75 Å². The topological polar surface area (TPSA) is 84.9 Å². The maximum absolute atomic E-state index is 12.3. The number of nitrogens with zero attached hydrogens (tertiary/aromatic N) is 1. The molecule has 2 amide bonds. The van der Waals surface area contributed by atoms with Gasteiger partial charge in [-0.05, 0) is 37.0 Å². The van der Waals surface area contributed by atoms with Gasteiger partial charge in [0.1, 0.15) is 5.75 Å². The molecule has 1 N–H and O–H groups in total. The van der Waals surface area contributed by atoms with Gasteiger partial charge in [-0.1, -0.05) is 12.1 Å². The number of hydrogen-bond donors (Lipinski definition) is 1. The van der Waals surface area contributed by atoms with Crippen molar-refractivity contribution in [2.45, 2.75) is 32.1 Å². The average molecular weight is 376 g/mol. The lowest BCUT2D eigenvalue weighted by molar-refractivity contribution is -0.141. The van der Waals surface area contributed by atoms with Crippen LogP contribution in [-0.2, 0) is 25.5 Å². The number of methoxy groups -OCH3 is 2. The van der Waals surface area contributed by atoms with Crippen LogP contribution in [0.2, 0.25) is 0 Å². The normalized spacial score (nSPS) is 16.7. The van der Waals surface area contributed by atoms with Gasteiger partial charge in [-0.25, -0.2) is 0 Å². The third kappa shape index (κ3) is 6.58. The largest absolute Gasteiger partial charge is 0.497 e. The van der Waals surface area contributed by atoms with E-state index in [2.05, 4.69) is 10.1 Å². The van der Waals surface area contributed by atoms with Crippen LogP contribution >= 0.6 is 0 Å². The van der Waals surface area contributed by atoms with Gasteiger partial charge in [-0.2, -0.15) is 0 Å². The van der Waals surface area contributed by atoms with Crippen molar-refractivity contribution in [2.24, 2.45) is 5.92 Å². The van der Waals surface area contributed by atoms with E-state index in [0.717, 1.165) is 17.7 Å². The standard InChI is InChI=1S/C20H28N2O5/c1-26-17-8-5-15(6-9-17)11-13-22-14-16(7-10-18(22)23)20(25)21-12-3-4-19(24)27-2/h5-6,8-9,16H,3-4,7,10-14H2,1-2H3,(H,21,25)/t16-/m1/s1. The summed E-state index contributed by atoms with van der Waals surface area (Å²) in [5.74, 6) is 0.366. The van der Waals surface area contributed by atoms with Crippen LogP contribution in [0, 0.1) is 5.92 Å². The molecule has 27 heavy (non-hydrogen) atoms. The molecule has 1 aliphatic rings. The monoisotopic (exact) mass is 376 g/mol. The molecule has 1 fully saturated rings. The van der Waals surface area contributed by atoms with E-state index < -0.39 is 0 Å². The van der Waals surface area contributed by atoms with E-state index >= 15 is 0 Å². The van der Waals surface area contributed by atoms with Crippen molar-refractivity contribution in [1.82, 2.24) is 10.2 Å². The minimum Gasteiger partial charge on any atom is -0.497 e. The summed E-state index contributed by atoms with van der Waals surface area (Å²) < 4.78 is 9.72. The molecule has 0 aliphatic carbocycles. The first kappa shape index (κ1) is 20.7. The number of carbonyl (C=O) groups excluding carboxylic acids is 3. The second kappa shape index (κ2) is 10.5. The van der Waals surface area contributed by atoms with Gasteiger partial charge < -0.3 is 19.7 Å². The number of nitrogens with one attached hydrogen (secondary N) is 1. The average Bonchev–Trinajstić information content (AvgIpc) is 2.70. The summed E-state index contributed by atoms with van der Waals surface area (Å²) >= 11 is 0. The Bertz CT molecular complexity index is 644. The van der Waals surface area contributed by atoms with Crippen molar-refractivity contribution in [3.63, 3.8) is 0 Å². The minimum absolute atomic E-state index is 0.0539. The first-order valence-corrected chi connectivity index (χ1v) is 9.28. The summed E-state index contributed by atoms with van der Waals surface area (Å²) in [6.07, 6.45) is 2.53. The number of benzene rings is 1. The number of rotatable bonds is 9. The van der Waals surface area contributed by atoms with Crippen molar-refractivity contribution >= 4 is 17.8 Å². The van der Waals surface area contributed by atoms with E-state index in [4.69, 9.17) is 4.74 Å². The van der Waals surface area contributed by atoms with E-state index in [1.54, 1.807) is 12.0 Å². The predicted octanol–water partition coefficient (Wildman–Crippen LogP) is 1.55. The fourth-order valence-corrected chi connectivity index (χ4v) is 3.09. The van der Waals surface area contributed by atoms with Crippen LogP contribution in [0.15, 0.2) is 24.3 Å². The van der Waals surface area contributed by atoms with E-state index in [1.807, 2.05) is 24.3 Å². The molecule has 7 heteroatoms. The number of ether oxygens (including phenoxy) is 2. The Morgan fingerprint density at radius 2 is 1.96 bits per heavy atom. The van der Waals surface area contributed by atoms with E-state index in [0.29, 0.717) is 38.9 Å². The number of likely N-dealkylation sites (tertiary alicyclic amines) is 1. The Balaban J connectivity index is 1.77. The van der Waals surface area contributed by atoms with Crippen LogP contribution in [0.1, 0.15) is 31.2 Å².